The van der Waals surface area contributed by atoms with Gasteiger partial charge in [0, 0.05) is 25.7 Å². The highest BCUT2D eigenvalue weighted by molar-refractivity contribution is 5.76. The molecule has 0 radical (unpaired) electrons. The second-order valence-electron chi connectivity index (χ2n) is 4.27. The Morgan fingerprint density at radius 3 is 2.71 bits per heavy atom. The van der Waals surface area contributed by atoms with E-state index < -0.39 is 0 Å². The number of amides is 2. The van der Waals surface area contributed by atoms with Crippen molar-refractivity contribution in [2.45, 2.75) is 31.7 Å². The Bertz CT molecular complexity index is 213. The lowest BCUT2D eigenvalue weighted by molar-refractivity contribution is 0.174. The van der Waals surface area contributed by atoms with Crippen molar-refractivity contribution in [3.8, 4) is 0 Å². The summed E-state index contributed by atoms with van der Waals surface area (Å²) in [6.45, 7) is 2.22. The monoisotopic (exact) mass is 197 g/mol. The van der Waals surface area contributed by atoms with E-state index in [4.69, 9.17) is 5.73 Å². The van der Waals surface area contributed by atoms with Crippen LogP contribution in [-0.2, 0) is 0 Å². The van der Waals surface area contributed by atoms with E-state index in [0.717, 1.165) is 13.1 Å². The zero-order valence-corrected chi connectivity index (χ0v) is 8.54. The van der Waals surface area contributed by atoms with Gasteiger partial charge in [-0.05, 0) is 18.8 Å². The predicted molar refractivity (Wildman–Crippen MR) is 54.9 cm³/mol. The number of hydrogen-bond acceptors (Lipinski definition) is 2. The van der Waals surface area contributed by atoms with Gasteiger partial charge in [0.25, 0.3) is 0 Å². The van der Waals surface area contributed by atoms with E-state index in [9.17, 15) is 4.79 Å². The molecule has 1 saturated carbocycles. The topological polar surface area (TPSA) is 58.4 Å². The minimum atomic E-state index is 0.0763. The molecule has 1 aliphatic carbocycles. The smallest absolute Gasteiger partial charge is 0.317 e. The zero-order chi connectivity index (χ0) is 9.97. The van der Waals surface area contributed by atoms with Gasteiger partial charge in [-0.1, -0.05) is 12.8 Å². The summed E-state index contributed by atoms with van der Waals surface area (Å²) in [4.78, 5) is 13.4. The van der Waals surface area contributed by atoms with Crippen LogP contribution in [-0.4, -0.2) is 36.6 Å². The molecule has 1 atom stereocenters. The Balaban J connectivity index is 2.00. The molecule has 2 amide bonds. The van der Waals surface area contributed by atoms with E-state index in [1.165, 1.54) is 25.7 Å². The van der Waals surface area contributed by atoms with E-state index in [0.29, 0.717) is 12.5 Å². The molecule has 80 valence electrons. The molecular formula is C10H19N3O. The molecule has 0 spiro atoms. The van der Waals surface area contributed by atoms with E-state index in [2.05, 4.69) is 5.32 Å². The van der Waals surface area contributed by atoms with Gasteiger partial charge < -0.3 is 16.0 Å². The number of hydrogen-bond donors (Lipinski definition) is 2. The number of urea groups is 1. The number of carbonyl (C=O) groups is 1. The first-order chi connectivity index (χ1) is 6.83. The maximum Gasteiger partial charge on any atom is 0.317 e. The van der Waals surface area contributed by atoms with Crippen molar-refractivity contribution in [3.63, 3.8) is 0 Å². The summed E-state index contributed by atoms with van der Waals surface area (Å²) in [7, 11) is 0. The molecule has 3 N–H and O–H groups in total. The molecule has 2 aliphatic rings. The van der Waals surface area contributed by atoms with Crippen LogP contribution in [0.5, 0.6) is 0 Å². The third-order valence-electron chi connectivity index (χ3n) is 3.48. The Labute approximate surface area is 84.8 Å². The third kappa shape index (κ3) is 1.71. The van der Waals surface area contributed by atoms with Gasteiger partial charge in [0.05, 0.1) is 0 Å². The summed E-state index contributed by atoms with van der Waals surface area (Å²) in [5, 5.41) is 2.84. The number of nitrogens with one attached hydrogen (secondary N) is 1. The van der Waals surface area contributed by atoms with Crippen LogP contribution in [0.2, 0.25) is 0 Å². The van der Waals surface area contributed by atoms with Crippen LogP contribution in [0.25, 0.3) is 0 Å². The van der Waals surface area contributed by atoms with Crippen molar-refractivity contribution in [2.75, 3.05) is 19.6 Å². The molecule has 4 heteroatoms. The largest absolute Gasteiger partial charge is 0.336 e. The van der Waals surface area contributed by atoms with Gasteiger partial charge in [0.15, 0.2) is 0 Å². The second kappa shape index (κ2) is 4.17. The molecule has 1 heterocycles. The third-order valence-corrected chi connectivity index (χ3v) is 3.48. The molecule has 0 aromatic heterocycles. The Morgan fingerprint density at radius 1 is 1.50 bits per heavy atom. The lowest BCUT2D eigenvalue weighted by Gasteiger charge is -2.30. The molecule has 1 saturated heterocycles. The minimum Gasteiger partial charge on any atom is -0.336 e. The van der Waals surface area contributed by atoms with Crippen LogP contribution >= 0.6 is 0 Å². The summed E-state index contributed by atoms with van der Waals surface area (Å²) >= 11 is 0. The molecule has 0 aromatic carbocycles. The van der Waals surface area contributed by atoms with Crippen LogP contribution in [0.3, 0.4) is 0 Å². The minimum absolute atomic E-state index is 0.0763. The molecule has 14 heavy (non-hydrogen) atoms. The lowest BCUT2D eigenvalue weighted by Crippen LogP contribution is -2.46. The first kappa shape index (κ1) is 9.77. The molecular weight excluding hydrogens is 178 g/mol. The SMILES string of the molecule is NCC(C1CCCC1)N1CCNC1=O. The number of nitrogens with zero attached hydrogens (tertiary/aromatic N) is 1. The van der Waals surface area contributed by atoms with Crippen molar-refractivity contribution in [1.82, 2.24) is 10.2 Å². The van der Waals surface area contributed by atoms with Gasteiger partial charge >= 0.3 is 6.03 Å². The molecule has 0 bridgehead atoms. The van der Waals surface area contributed by atoms with Gasteiger partial charge in [0.1, 0.15) is 0 Å². The van der Waals surface area contributed by atoms with E-state index in [1.54, 1.807) is 0 Å². The Hall–Kier alpha value is -0.770. The number of nitrogens with two attached hydrogens (primary N) is 1. The van der Waals surface area contributed by atoms with Crippen molar-refractivity contribution in [1.29, 1.82) is 0 Å². The normalized spacial score (nSPS) is 25.5. The number of rotatable bonds is 3. The van der Waals surface area contributed by atoms with E-state index in [1.807, 2.05) is 4.90 Å². The van der Waals surface area contributed by atoms with E-state index in [-0.39, 0.29) is 12.1 Å². The highest BCUT2D eigenvalue weighted by Crippen LogP contribution is 2.30. The average Bonchev–Trinajstić information content (AvgIpc) is 2.80. The summed E-state index contributed by atoms with van der Waals surface area (Å²) in [5.74, 6) is 0.642. The highest BCUT2D eigenvalue weighted by atomic mass is 16.2. The maximum atomic E-state index is 11.5. The first-order valence-electron chi connectivity index (χ1n) is 5.57. The second-order valence-corrected chi connectivity index (χ2v) is 4.27. The van der Waals surface area contributed by atoms with Gasteiger partial charge in [-0.15, -0.1) is 0 Å². The van der Waals surface area contributed by atoms with E-state index >= 15 is 0 Å². The van der Waals surface area contributed by atoms with Crippen LogP contribution in [0.4, 0.5) is 4.79 Å². The summed E-state index contributed by atoms with van der Waals surface area (Å²) in [5.41, 5.74) is 5.77. The highest BCUT2D eigenvalue weighted by Gasteiger charge is 2.33. The lowest BCUT2D eigenvalue weighted by atomic mass is 9.97. The molecule has 1 aliphatic heterocycles. The van der Waals surface area contributed by atoms with Gasteiger partial charge in [-0.25, -0.2) is 4.79 Å². The van der Waals surface area contributed by atoms with Crippen molar-refractivity contribution in [3.05, 3.63) is 0 Å². The van der Waals surface area contributed by atoms with Crippen LogP contribution in [0.15, 0.2) is 0 Å². The fourth-order valence-electron chi connectivity index (χ4n) is 2.72. The molecule has 0 aromatic rings. The van der Waals surface area contributed by atoms with Crippen LogP contribution in [0.1, 0.15) is 25.7 Å². The quantitative estimate of drug-likeness (QED) is 0.693. The summed E-state index contributed by atoms with van der Waals surface area (Å²) in [6, 6.07) is 0.354. The van der Waals surface area contributed by atoms with Crippen molar-refractivity contribution < 1.29 is 4.79 Å². The predicted octanol–water partition coefficient (Wildman–Crippen LogP) is 0.529. The summed E-state index contributed by atoms with van der Waals surface area (Å²) < 4.78 is 0. The van der Waals surface area contributed by atoms with Gasteiger partial charge in [-0.3, -0.25) is 0 Å². The molecule has 2 fully saturated rings. The van der Waals surface area contributed by atoms with Crippen molar-refractivity contribution >= 4 is 6.03 Å². The summed E-state index contributed by atoms with van der Waals surface area (Å²) in [6.07, 6.45) is 5.09. The van der Waals surface area contributed by atoms with Gasteiger partial charge in [0.2, 0.25) is 0 Å². The van der Waals surface area contributed by atoms with Gasteiger partial charge in [-0.2, -0.15) is 0 Å². The van der Waals surface area contributed by atoms with Crippen LogP contribution in [0, 0.1) is 5.92 Å². The Kier molecular flexibility index (Phi) is 2.91. The zero-order valence-electron chi connectivity index (χ0n) is 8.54. The average molecular weight is 197 g/mol. The first-order valence-corrected chi connectivity index (χ1v) is 5.57. The molecule has 4 nitrogen and oxygen atoms in total. The fourth-order valence-corrected chi connectivity index (χ4v) is 2.72. The fraction of sp³-hybridized carbons (Fsp3) is 0.900. The van der Waals surface area contributed by atoms with Crippen LogP contribution < -0.4 is 11.1 Å². The maximum absolute atomic E-state index is 11.5. The molecule has 1 unspecified atom stereocenters. The number of carbonyl (C=O) groups excluding carboxylic acids is 1. The molecule has 2 rings (SSSR count). The van der Waals surface area contributed by atoms with Crippen molar-refractivity contribution in [2.24, 2.45) is 11.7 Å². The Morgan fingerprint density at radius 2 is 2.21 bits per heavy atom. The standard InChI is InChI=1S/C10H19N3O/c11-7-9(8-3-1-2-4-8)13-6-5-12-10(13)14/h8-9H,1-7,11H2,(H,12,14).